The fourth-order valence-corrected chi connectivity index (χ4v) is 2.20. The smallest absolute Gasteiger partial charge is 0.00597 e. The molecular weight excluding hydrogens is 212 g/mol. The van der Waals surface area contributed by atoms with Crippen LogP contribution >= 0.6 is 15.9 Å². The van der Waals surface area contributed by atoms with E-state index in [0.29, 0.717) is 0 Å². The Hall–Kier alpha value is 0.480. The summed E-state index contributed by atoms with van der Waals surface area (Å²) in [6.45, 7) is 6.90. The minimum Gasteiger partial charge on any atom is -0.0925 e. The molecular formula is C11H23Br. The van der Waals surface area contributed by atoms with Gasteiger partial charge in [0.15, 0.2) is 0 Å². The van der Waals surface area contributed by atoms with Gasteiger partial charge in [-0.05, 0) is 24.7 Å². The summed E-state index contributed by atoms with van der Waals surface area (Å²) in [5.74, 6) is 1.77. The molecule has 0 heterocycles. The summed E-state index contributed by atoms with van der Waals surface area (Å²) in [5.41, 5.74) is 0. The zero-order valence-corrected chi connectivity index (χ0v) is 10.4. The summed E-state index contributed by atoms with van der Waals surface area (Å²) >= 11 is 3.60. The molecule has 1 heteroatoms. The summed E-state index contributed by atoms with van der Waals surface area (Å²) in [6, 6.07) is 0. The quantitative estimate of drug-likeness (QED) is 0.446. The number of rotatable bonds is 7. The van der Waals surface area contributed by atoms with Crippen molar-refractivity contribution in [1.82, 2.24) is 0 Å². The number of hydrogen-bond acceptors (Lipinski definition) is 0. The van der Waals surface area contributed by atoms with Gasteiger partial charge in [-0.2, -0.15) is 0 Å². The molecule has 0 N–H and O–H groups in total. The zero-order valence-electron chi connectivity index (χ0n) is 8.78. The van der Waals surface area contributed by atoms with Crippen LogP contribution in [0.3, 0.4) is 0 Å². The van der Waals surface area contributed by atoms with E-state index in [-0.39, 0.29) is 0 Å². The van der Waals surface area contributed by atoms with Crippen LogP contribution in [-0.4, -0.2) is 5.33 Å². The molecule has 0 saturated heterocycles. The molecule has 0 aliphatic rings. The predicted molar refractivity (Wildman–Crippen MR) is 60.9 cm³/mol. The molecule has 1 atom stereocenters. The SMILES string of the molecule is CCCCCC(CBr)CC(C)C. The first-order valence-corrected chi connectivity index (χ1v) is 6.38. The van der Waals surface area contributed by atoms with Gasteiger partial charge in [0.25, 0.3) is 0 Å². The molecule has 0 saturated carbocycles. The lowest BCUT2D eigenvalue weighted by atomic mass is 9.94. The molecule has 0 aromatic rings. The van der Waals surface area contributed by atoms with E-state index < -0.39 is 0 Å². The first-order valence-electron chi connectivity index (χ1n) is 5.26. The third-order valence-electron chi connectivity index (χ3n) is 2.24. The predicted octanol–water partition coefficient (Wildman–Crippen LogP) is 4.62. The first-order chi connectivity index (χ1) is 5.70. The summed E-state index contributed by atoms with van der Waals surface area (Å²) in [6.07, 6.45) is 6.96. The van der Waals surface area contributed by atoms with Crippen LogP contribution in [0.2, 0.25) is 0 Å². The Morgan fingerprint density at radius 2 is 1.83 bits per heavy atom. The van der Waals surface area contributed by atoms with Crippen LogP contribution in [0.5, 0.6) is 0 Å². The molecule has 0 fully saturated rings. The van der Waals surface area contributed by atoms with Gasteiger partial charge in [-0.25, -0.2) is 0 Å². The highest BCUT2D eigenvalue weighted by atomic mass is 79.9. The molecule has 0 amide bonds. The molecule has 1 unspecified atom stereocenters. The van der Waals surface area contributed by atoms with E-state index in [4.69, 9.17) is 0 Å². The van der Waals surface area contributed by atoms with Crippen LogP contribution in [0.4, 0.5) is 0 Å². The van der Waals surface area contributed by atoms with Gasteiger partial charge >= 0.3 is 0 Å². The molecule has 12 heavy (non-hydrogen) atoms. The van der Waals surface area contributed by atoms with E-state index in [1.165, 1.54) is 37.4 Å². The minimum absolute atomic E-state index is 0.856. The summed E-state index contributed by atoms with van der Waals surface area (Å²) < 4.78 is 0. The van der Waals surface area contributed by atoms with Crippen molar-refractivity contribution in [2.75, 3.05) is 5.33 Å². The molecule has 74 valence electrons. The monoisotopic (exact) mass is 234 g/mol. The molecule has 0 nitrogen and oxygen atoms in total. The second kappa shape index (κ2) is 8.10. The van der Waals surface area contributed by atoms with E-state index in [0.717, 1.165) is 11.8 Å². The highest BCUT2D eigenvalue weighted by molar-refractivity contribution is 9.09. The number of halogens is 1. The highest BCUT2D eigenvalue weighted by Gasteiger charge is 2.08. The van der Waals surface area contributed by atoms with Gasteiger partial charge in [-0.3, -0.25) is 0 Å². The lowest BCUT2D eigenvalue weighted by Crippen LogP contribution is -2.05. The van der Waals surface area contributed by atoms with Crippen molar-refractivity contribution in [3.8, 4) is 0 Å². The van der Waals surface area contributed by atoms with Gasteiger partial charge in [-0.1, -0.05) is 56.0 Å². The standard InChI is InChI=1S/C11H23Br/c1-4-5-6-7-11(9-12)8-10(2)3/h10-11H,4-9H2,1-3H3. The van der Waals surface area contributed by atoms with Gasteiger partial charge in [0.2, 0.25) is 0 Å². The van der Waals surface area contributed by atoms with E-state index in [1.54, 1.807) is 0 Å². The number of hydrogen-bond donors (Lipinski definition) is 0. The van der Waals surface area contributed by atoms with Crippen molar-refractivity contribution in [3.63, 3.8) is 0 Å². The second-order valence-electron chi connectivity index (χ2n) is 4.15. The second-order valence-corrected chi connectivity index (χ2v) is 4.79. The molecule has 0 aliphatic carbocycles. The number of unbranched alkanes of at least 4 members (excludes halogenated alkanes) is 2. The van der Waals surface area contributed by atoms with Gasteiger partial charge < -0.3 is 0 Å². The fourth-order valence-electron chi connectivity index (χ4n) is 1.61. The lowest BCUT2D eigenvalue weighted by Gasteiger charge is -2.15. The Balaban J connectivity index is 3.39. The maximum Gasteiger partial charge on any atom is 0.00597 e. The highest BCUT2D eigenvalue weighted by Crippen LogP contribution is 2.20. The maximum atomic E-state index is 3.60. The molecule has 0 aliphatic heterocycles. The Morgan fingerprint density at radius 3 is 2.25 bits per heavy atom. The fraction of sp³-hybridized carbons (Fsp3) is 1.00. The van der Waals surface area contributed by atoms with Crippen LogP contribution < -0.4 is 0 Å². The Kier molecular flexibility index (Phi) is 8.42. The third-order valence-corrected chi connectivity index (χ3v) is 3.15. The summed E-state index contributed by atoms with van der Waals surface area (Å²) in [7, 11) is 0. The van der Waals surface area contributed by atoms with Gasteiger partial charge in [0.05, 0.1) is 0 Å². The lowest BCUT2D eigenvalue weighted by molar-refractivity contribution is 0.408. The third kappa shape index (κ3) is 7.15. The average molecular weight is 235 g/mol. The zero-order chi connectivity index (χ0) is 9.40. The van der Waals surface area contributed by atoms with E-state index in [9.17, 15) is 0 Å². The molecule has 0 aromatic heterocycles. The first kappa shape index (κ1) is 12.5. The topological polar surface area (TPSA) is 0 Å². The normalized spacial score (nSPS) is 13.8. The summed E-state index contributed by atoms with van der Waals surface area (Å²) in [5, 5.41) is 1.19. The molecule has 0 aromatic carbocycles. The van der Waals surface area contributed by atoms with E-state index in [1.807, 2.05) is 0 Å². The van der Waals surface area contributed by atoms with Gasteiger partial charge in [-0.15, -0.1) is 0 Å². The Labute approximate surface area is 86.3 Å². The molecule has 0 rings (SSSR count). The Morgan fingerprint density at radius 1 is 1.17 bits per heavy atom. The van der Waals surface area contributed by atoms with Crippen LogP contribution in [0.1, 0.15) is 52.9 Å². The average Bonchev–Trinajstić information content (AvgIpc) is 2.02. The van der Waals surface area contributed by atoms with Gasteiger partial charge in [0, 0.05) is 5.33 Å². The van der Waals surface area contributed by atoms with Crippen LogP contribution in [0, 0.1) is 11.8 Å². The van der Waals surface area contributed by atoms with Crippen molar-refractivity contribution in [2.45, 2.75) is 52.9 Å². The van der Waals surface area contributed by atoms with Crippen molar-refractivity contribution in [2.24, 2.45) is 11.8 Å². The van der Waals surface area contributed by atoms with Crippen molar-refractivity contribution in [1.29, 1.82) is 0 Å². The minimum atomic E-state index is 0.856. The molecule has 0 radical (unpaired) electrons. The van der Waals surface area contributed by atoms with Crippen molar-refractivity contribution < 1.29 is 0 Å². The van der Waals surface area contributed by atoms with Crippen LogP contribution in [-0.2, 0) is 0 Å². The van der Waals surface area contributed by atoms with Crippen LogP contribution in [0.15, 0.2) is 0 Å². The van der Waals surface area contributed by atoms with Crippen molar-refractivity contribution >= 4 is 15.9 Å². The Bertz CT molecular complexity index is 89.0. The van der Waals surface area contributed by atoms with Gasteiger partial charge in [0.1, 0.15) is 0 Å². The van der Waals surface area contributed by atoms with E-state index >= 15 is 0 Å². The summed E-state index contributed by atoms with van der Waals surface area (Å²) in [4.78, 5) is 0. The van der Waals surface area contributed by atoms with Crippen LogP contribution in [0.25, 0.3) is 0 Å². The maximum absolute atomic E-state index is 3.60. The largest absolute Gasteiger partial charge is 0.0925 e. The van der Waals surface area contributed by atoms with E-state index in [2.05, 4.69) is 36.7 Å². The molecule has 0 spiro atoms. The molecule has 0 bridgehead atoms. The number of alkyl halides is 1. The van der Waals surface area contributed by atoms with Crippen molar-refractivity contribution in [3.05, 3.63) is 0 Å².